The molecule has 2 aromatic heterocycles. The van der Waals surface area contributed by atoms with Crippen molar-refractivity contribution in [1.82, 2.24) is 19.2 Å². The maximum atomic E-state index is 12.7. The molecule has 0 N–H and O–H groups in total. The van der Waals surface area contributed by atoms with Crippen LogP contribution in [0.5, 0.6) is 0 Å². The smallest absolute Gasteiger partial charge is 0.410 e. The number of thiazole rings is 1. The Morgan fingerprint density at radius 2 is 2.23 bits per heavy atom. The average Bonchev–Trinajstić information content (AvgIpc) is 3.12. The standard InChI is InChI=1S/C13H12N4O4S/c18-10-5-9(17-3-4-22-12(17)14-10)11(19)15-1-2-16-8(6-15)7-21-13(16)20/h3-5,8H,1-2,6-7H2/t8-/m1/s1. The molecule has 0 unspecified atom stereocenters. The third-order valence-corrected chi connectivity index (χ3v) is 4.69. The lowest BCUT2D eigenvalue weighted by Crippen LogP contribution is -2.54. The molecule has 0 radical (unpaired) electrons. The van der Waals surface area contributed by atoms with Crippen molar-refractivity contribution < 1.29 is 14.3 Å². The van der Waals surface area contributed by atoms with Gasteiger partial charge in [0.25, 0.3) is 11.5 Å². The quantitative estimate of drug-likeness (QED) is 0.740. The number of fused-ring (bicyclic) bond motifs is 2. The Hall–Kier alpha value is -2.42. The molecule has 0 aromatic carbocycles. The topological polar surface area (TPSA) is 84.2 Å². The predicted molar refractivity (Wildman–Crippen MR) is 77.1 cm³/mol. The summed E-state index contributed by atoms with van der Waals surface area (Å²) >= 11 is 1.30. The molecule has 0 saturated carbocycles. The van der Waals surface area contributed by atoms with E-state index in [1.807, 2.05) is 0 Å². The largest absolute Gasteiger partial charge is 0.447 e. The van der Waals surface area contributed by atoms with Gasteiger partial charge in [-0.05, 0) is 0 Å². The van der Waals surface area contributed by atoms with E-state index >= 15 is 0 Å². The molecule has 9 heteroatoms. The van der Waals surface area contributed by atoms with E-state index in [-0.39, 0.29) is 18.0 Å². The van der Waals surface area contributed by atoms with Gasteiger partial charge < -0.3 is 9.64 Å². The lowest BCUT2D eigenvalue weighted by atomic mass is 10.2. The fourth-order valence-electron chi connectivity index (χ4n) is 2.85. The van der Waals surface area contributed by atoms with E-state index in [0.717, 1.165) is 0 Å². The van der Waals surface area contributed by atoms with Crippen molar-refractivity contribution in [2.24, 2.45) is 0 Å². The van der Waals surface area contributed by atoms with Gasteiger partial charge in [-0.25, -0.2) is 4.79 Å². The Kier molecular flexibility index (Phi) is 2.89. The summed E-state index contributed by atoms with van der Waals surface area (Å²) in [6.07, 6.45) is 1.40. The lowest BCUT2D eigenvalue weighted by molar-refractivity contribution is 0.0609. The van der Waals surface area contributed by atoms with Gasteiger partial charge in [-0.2, -0.15) is 4.98 Å². The first kappa shape index (κ1) is 13.3. The number of amides is 2. The molecule has 2 aliphatic heterocycles. The van der Waals surface area contributed by atoms with Gasteiger partial charge in [0.15, 0.2) is 4.96 Å². The highest BCUT2D eigenvalue weighted by Crippen LogP contribution is 2.19. The van der Waals surface area contributed by atoms with Crippen molar-refractivity contribution in [1.29, 1.82) is 0 Å². The third-order valence-electron chi connectivity index (χ3n) is 3.94. The van der Waals surface area contributed by atoms with Crippen LogP contribution in [-0.2, 0) is 4.74 Å². The van der Waals surface area contributed by atoms with Gasteiger partial charge in [0.2, 0.25) is 0 Å². The van der Waals surface area contributed by atoms with Crippen LogP contribution in [-0.4, -0.2) is 63.5 Å². The highest BCUT2D eigenvalue weighted by Gasteiger charge is 2.39. The van der Waals surface area contributed by atoms with Crippen molar-refractivity contribution in [3.8, 4) is 0 Å². The highest BCUT2D eigenvalue weighted by molar-refractivity contribution is 7.15. The minimum absolute atomic E-state index is 0.110. The average molecular weight is 320 g/mol. The summed E-state index contributed by atoms with van der Waals surface area (Å²) in [5, 5.41) is 1.78. The number of carbonyl (C=O) groups excluding carboxylic acids is 2. The number of hydrogen-bond donors (Lipinski definition) is 0. The molecule has 8 nitrogen and oxygen atoms in total. The summed E-state index contributed by atoms with van der Waals surface area (Å²) < 4.78 is 6.62. The number of cyclic esters (lactones) is 1. The molecule has 1 atom stereocenters. The first-order valence-electron chi connectivity index (χ1n) is 6.83. The zero-order valence-corrected chi connectivity index (χ0v) is 12.3. The molecule has 22 heavy (non-hydrogen) atoms. The van der Waals surface area contributed by atoms with Gasteiger partial charge in [-0.15, -0.1) is 11.3 Å². The first-order valence-corrected chi connectivity index (χ1v) is 7.71. The molecule has 0 aliphatic carbocycles. The van der Waals surface area contributed by atoms with Crippen LogP contribution in [0, 0.1) is 0 Å². The Labute approximate surface area is 128 Å². The van der Waals surface area contributed by atoms with Crippen LogP contribution in [0.25, 0.3) is 4.96 Å². The summed E-state index contributed by atoms with van der Waals surface area (Å²) in [5.74, 6) is -0.230. The lowest BCUT2D eigenvalue weighted by Gasteiger charge is -2.35. The Morgan fingerprint density at radius 3 is 3.09 bits per heavy atom. The fraction of sp³-hybridized carbons (Fsp3) is 0.385. The molecule has 4 rings (SSSR count). The van der Waals surface area contributed by atoms with Crippen molar-refractivity contribution in [2.75, 3.05) is 26.2 Å². The molecule has 2 aliphatic rings. The second kappa shape index (κ2) is 4.80. The van der Waals surface area contributed by atoms with Crippen LogP contribution >= 0.6 is 11.3 Å². The summed E-state index contributed by atoms with van der Waals surface area (Å²) in [5.41, 5.74) is -0.126. The van der Waals surface area contributed by atoms with Crippen LogP contribution < -0.4 is 5.56 Å². The van der Waals surface area contributed by atoms with Crippen LogP contribution in [0.4, 0.5) is 4.79 Å². The zero-order chi connectivity index (χ0) is 15.3. The van der Waals surface area contributed by atoms with E-state index in [9.17, 15) is 14.4 Å². The molecule has 2 saturated heterocycles. The number of carbonyl (C=O) groups is 2. The fourth-order valence-corrected chi connectivity index (χ4v) is 3.57. The molecule has 2 amide bonds. The highest BCUT2D eigenvalue weighted by atomic mass is 32.1. The number of hydrogen-bond acceptors (Lipinski definition) is 6. The van der Waals surface area contributed by atoms with E-state index in [2.05, 4.69) is 4.98 Å². The molecular formula is C13H12N4O4S. The van der Waals surface area contributed by atoms with Crippen molar-refractivity contribution >= 4 is 28.3 Å². The van der Waals surface area contributed by atoms with Crippen LogP contribution in [0.15, 0.2) is 22.4 Å². The van der Waals surface area contributed by atoms with Crippen LogP contribution in [0.1, 0.15) is 10.5 Å². The van der Waals surface area contributed by atoms with Gasteiger partial charge in [0.05, 0.1) is 6.04 Å². The minimum Gasteiger partial charge on any atom is -0.447 e. The van der Waals surface area contributed by atoms with Crippen molar-refractivity contribution in [3.63, 3.8) is 0 Å². The maximum absolute atomic E-state index is 12.7. The first-order chi connectivity index (χ1) is 10.6. The molecule has 4 heterocycles. The number of rotatable bonds is 1. The Balaban J connectivity index is 1.65. The zero-order valence-electron chi connectivity index (χ0n) is 11.5. The molecular weight excluding hydrogens is 308 g/mol. The number of piperazine rings is 1. The number of nitrogens with zero attached hydrogens (tertiary/aromatic N) is 4. The molecule has 2 fully saturated rings. The predicted octanol–water partition coefficient (Wildman–Crippen LogP) is 0.0326. The van der Waals surface area contributed by atoms with Gasteiger partial charge in [0.1, 0.15) is 12.3 Å². The van der Waals surface area contributed by atoms with E-state index in [0.29, 0.717) is 36.9 Å². The summed E-state index contributed by atoms with van der Waals surface area (Å²) in [6, 6.07) is 1.15. The Bertz CT molecular complexity index is 829. The summed E-state index contributed by atoms with van der Waals surface area (Å²) in [4.78, 5) is 43.5. The normalized spacial score (nSPS) is 21.1. The summed E-state index contributed by atoms with van der Waals surface area (Å²) in [6.45, 7) is 1.58. The van der Waals surface area contributed by atoms with E-state index in [4.69, 9.17) is 4.74 Å². The second-order valence-corrected chi connectivity index (χ2v) is 6.08. The van der Waals surface area contributed by atoms with E-state index in [1.165, 1.54) is 17.4 Å². The SMILES string of the molecule is O=C(c1cc(=O)nc2sccn12)N1CCN2C(=O)OC[C@H]2C1. The summed E-state index contributed by atoms with van der Waals surface area (Å²) in [7, 11) is 0. The second-order valence-electron chi connectivity index (χ2n) is 5.21. The van der Waals surface area contributed by atoms with Crippen molar-refractivity contribution in [2.45, 2.75) is 6.04 Å². The van der Waals surface area contributed by atoms with E-state index in [1.54, 1.807) is 25.8 Å². The van der Waals surface area contributed by atoms with E-state index < -0.39 is 5.56 Å². The van der Waals surface area contributed by atoms with Crippen LogP contribution in [0.2, 0.25) is 0 Å². The van der Waals surface area contributed by atoms with Crippen molar-refractivity contribution in [3.05, 3.63) is 33.7 Å². The molecule has 0 bridgehead atoms. The number of aromatic nitrogens is 2. The van der Waals surface area contributed by atoms with Gasteiger partial charge in [-0.3, -0.25) is 18.9 Å². The molecule has 2 aromatic rings. The molecule has 114 valence electrons. The molecule has 0 spiro atoms. The third kappa shape index (κ3) is 1.97. The Morgan fingerprint density at radius 1 is 1.36 bits per heavy atom. The maximum Gasteiger partial charge on any atom is 0.410 e. The van der Waals surface area contributed by atoms with Crippen LogP contribution in [0.3, 0.4) is 0 Å². The number of ether oxygens (including phenoxy) is 1. The monoisotopic (exact) mass is 320 g/mol. The van der Waals surface area contributed by atoms with Gasteiger partial charge in [-0.1, -0.05) is 0 Å². The van der Waals surface area contributed by atoms with Gasteiger partial charge in [0, 0.05) is 37.3 Å². The minimum atomic E-state index is -0.427. The van der Waals surface area contributed by atoms with Gasteiger partial charge >= 0.3 is 6.09 Å².